The van der Waals surface area contributed by atoms with E-state index in [1.165, 1.54) is 0 Å². The highest BCUT2D eigenvalue weighted by Crippen LogP contribution is -0.373. The average Bonchev–Trinajstić information content (AvgIpc) is 0. The second-order valence-corrected chi connectivity index (χ2v) is 0. The monoisotopic (exact) mass is 126 g/mol. The third kappa shape index (κ3) is 1090. The van der Waals surface area contributed by atoms with Crippen molar-refractivity contribution in [1.82, 2.24) is 0 Å². The van der Waals surface area contributed by atoms with Crippen LogP contribution in [0.5, 0.6) is 0 Å². The largest absolute Gasteiger partial charge is 0.0814 e. The molecule has 0 aromatic rings. The van der Waals surface area contributed by atoms with Gasteiger partial charge in [-0.1, -0.05) is 0 Å². The molecule has 54 valence electrons. The van der Waals surface area contributed by atoms with Crippen LogP contribution < -0.4 is 0 Å². The van der Waals surface area contributed by atoms with Gasteiger partial charge in [0.1, 0.15) is 0 Å². The smallest absolute Gasteiger partial charge is 0.0814 e. The van der Waals surface area contributed by atoms with Crippen LogP contribution >= 0.6 is 0 Å². The van der Waals surface area contributed by atoms with Crippen LogP contribution in [-0.4, -0.2) is 75.7 Å². The van der Waals surface area contributed by atoms with Crippen molar-refractivity contribution in [2.24, 2.45) is 0 Å². The maximum Gasteiger partial charge on any atom is 0.0814 e. The molecule has 0 amide bonds. The zero-order chi connectivity index (χ0) is 0. The molecule has 0 bridgehead atoms. The van der Waals surface area contributed by atoms with Crippen molar-refractivity contribution in [2.45, 2.75) is 0 Å². The molecule has 0 aliphatic carbocycles. The van der Waals surface area contributed by atoms with Crippen LogP contribution in [0.3, 0.4) is 0 Å². The van der Waals surface area contributed by atoms with Crippen LogP contribution in [0, 0.1) is 0 Å². The summed E-state index contributed by atoms with van der Waals surface area (Å²) in [5.41, 5.74) is 0. The van der Waals surface area contributed by atoms with Gasteiger partial charge in [-0.2, -0.15) is 0 Å². The van der Waals surface area contributed by atoms with Gasteiger partial charge in [-0.15, -0.1) is 0 Å². The molecule has 9 heavy (non-hydrogen) atoms. The molecule has 0 rings (SSSR count). The van der Waals surface area contributed by atoms with Gasteiger partial charge in [0.15, 0.2) is 0 Å². The minimum Gasteiger partial charge on any atom is 0.0814 e. The molecule has 0 aromatic carbocycles. The molecule has 0 heterocycles. The molecule has 0 aliphatic rings. The highest BCUT2D eigenvalue weighted by atomic mass is 10.8. The quantitative estimate of drug-likeness (QED) is 0.282. The van der Waals surface area contributed by atoms with Crippen LogP contribution in [0.25, 0.3) is 0 Å². The highest BCUT2D eigenvalue weighted by Gasteiger charge is 0.0894. The Kier molecular flexibility index (Phi) is 332000. The van der Waals surface area contributed by atoms with Crippen LogP contribution in [0.2, 0.25) is 0 Å². The second-order valence-electron chi connectivity index (χ2n) is 0. The van der Waals surface area contributed by atoms with E-state index in [4.69, 9.17) is 0 Å². The van der Waals surface area contributed by atoms with E-state index in [9.17, 15) is 0 Å². The summed E-state index contributed by atoms with van der Waals surface area (Å²) in [5.74, 6) is 0. The minimum absolute atomic E-state index is 0. The van der Waals surface area contributed by atoms with E-state index in [2.05, 4.69) is 0 Å². The van der Waals surface area contributed by atoms with Crippen LogP contribution in [-0.2, 0) is 0 Å². The summed E-state index contributed by atoms with van der Waals surface area (Å²) in [6.45, 7) is 0. The molecular weight excluding hydrogens is 97.3 g/mol. The van der Waals surface area contributed by atoms with Crippen molar-refractivity contribution in [3.05, 3.63) is 0 Å². The van der Waals surface area contributed by atoms with E-state index in [0.29, 0.717) is 0 Å². The van der Waals surface area contributed by atoms with E-state index in [0.717, 1.165) is 0 Å². The Morgan fingerprint density at radius 3 is 0.111 bits per heavy atom. The third-order valence-electron chi connectivity index (χ3n) is 0. The predicted molar refractivity (Wildman–Crippen MR) is 89.5 cm³/mol. The Balaban J connectivity index is 0. The van der Waals surface area contributed by atoms with Gasteiger partial charge in [0, 0.05) is 0 Å². The van der Waals surface area contributed by atoms with Gasteiger partial charge in [0.2, 0.25) is 0 Å². The number of rotatable bonds is 0. The van der Waals surface area contributed by atoms with E-state index in [1.54, 1.807) is 0 Å². The molecule has 0 spiro atoms. The van der Waals surface area contributed by atoms with E-state index in [-0.39, 0.29) is 75.7 Å². The fourth-order valence-electron chi connectivity index (χ4n) is 0. The molecule has 0 saturated heterocycles. The minimum atomic E-state index is 0. The molecule has 0 atom stereocenters. The molecule has 0 nitrogen and oxygen atoms in total. The van der Waals surface area contributed by atoms with E-state index >= 15 is 0 Å². The molecule has 0 N–H and O–H groups in total. The molecular formula is H27B9. The zero-order valence-electron chi connectivity index (χ0n) is 0. The highest BCUT2D eigenvalue weighted by molar-refractivity contribution is 5.76. The molecule has 0 aliphatic heterocycles. The first-order chi connectivity index (χ1) is 0. The van der Waals surface area contributed by atoms with Crippen molar-refractivity contribution in [2.75, 3.05) is 0 Å². The number of hydrogen-bond acceptors (Lipinski definition) is 0. The normalized spacial score (nSPS) is 0. The topological polar surface area (TPSA) is 0 Å². The lowest BCUT2D eigenvalue weighted by Crippen LogP contribution is -0.382. The lowest BCUT2D eigenvalue weighted by Gasteiger charge is 0.0804. The first-order valence-electron chi connectivity index (χ1n) is 0. The Bertz CT molecular complexity index is 0. The number of hydrogen-bond donors (Lipinski definition) is 0. The average molecular weight is 125 g/mol. The van der Waals surface area contributed by atoms with Gasteiger partial charge in [-0.3, -0.25) is 0 Å². The summed E-state index contributed by atoms with van der Waals surface area (Å²) in [6, 6.07) is 0. The lowest BCUT2D eigenvalue weighted by atomic mass is 10.8. The van der Waals surface area contributed by atoms with Gasteiger partial charge in [-0.25, -0.2) is 0 Å². The molecule has 0 fully saturated rings. The van der Waals surface area contributed by atoms with Crippen molar-refractivity contribution < 1.29 is 0 Å². The molecule has 9 heteroatoms. The Labute approximate surface area is 76.3 Å². The van der Waals surface area contributed by atoms with Crippen molar-refractivity contribution in [1.29, 1.82) is 0 Å². The summed E-state index contributed by atoms with van der Waals surface area (Å²) < 4.78 is 0. The standard InChI is InChI=1S/9BH3/h9*1H3. The first-order valence-corrected chi connectivity index (χ1v) is 0. The first kappa shape index (κ1) is 2070. The van der Waals surface area contributed by atoms with Crippen molar-refractivity contribution >= 4 is 75.7 Å². The van der Waals surface area contributed by atoms with Crippen molar-refractivity contribution in [3.63, 3.8) is 0 Å². The van der Waals surface area contributed by atoms with Gasteiger partial charge in [0.05, 0.1) is 75.7 Å². The summed E-state index contributed by atoms with van der Waals surface area (Å²) in [7, 11) is 0. The molecule has 0 aromatic heterocycles. The van der Waals surface area contributed by atoms with E-state index < -0.39 is 0 Å². The molecule has 0 unspecified atom stereocenters. The van der Waals surface area contributed by atoms with Gasteiger partial charge in [-0.05, 0) is 0 Å². The van der Waals surface area contributed by atoms with Gasteiger partial charge >= 0.3 is 0 Å². The lowest BCUT2D eigenvalue weighted by molar-refractivity contribution is 5.75. The summed E-state index contributed by atoms with van der Waals surface area (Å²) >= 11 is 0. The third-order valence-corrected chi connectivity index (χ3v) is 0. The van der Waals surface area contributed by atoms with Crippen LogP contribution in [0.15, 0.2) is 0 Å². The summed E-state index contributed by atoms with van der Waals surface area (Å²) in [6.07, 6.45) is 0. The zero-order valence-corrected chi connectivity index (χ0v) is 0. The molecule has 0 radical (unpaired) electrons. The Morgan fingerprint density at radius 1 is 0.111 bits per heavy atom. The maximum atomic E-state index is 0. The summed E-state index contributed by atoms with van der Waals surface area (Å²) in [5, 5.41) is 0. The van der Waals surface area contributed by atoms with Crippen LogP contribution in [0.4, 0.5) is 0 Å². The van der Waals surface area contributed by atoms with Crippen molar-refractivity contribution in [3.8, 4) is 0 Å². The Hall–Kier alpha value is 0.584. The van der Waals surface area contributed by atoms with Gasteiger partial charge < -0.3 is 0 Å². The van der Waals surface area contributed by atoms with Crippen LogP contribution in [0.1, 0.15) is 0 Å². The van der Waals surface area contributed by atoms with Gasteiger partial charge in [0.25, 0.3) is 0 Å². The predicted octanol–water partition coefficient (Wildman–Crippen LogP) is -10.7. The van der Waals surface area contributed by atoms with E-state index in [1.807, 2.05) is 0 Å². The maximum absolute atomic E-state index is 0. The SMILES string of the molecule is B.B.B.B.B.B.B.B.B. The second kappa shape index (κ2) is 1450. The Morgan fingerprint density at radius 2 is 0.111 bits per heavy atom. The summed E-state index contributed by atoms with van der Waals surface area (Å²) in [4.78, 5) is 0. The fraction of sp³-hybridized carbons (Fsp3) is 0. The molecule has 0 saturated carbocycles. The fourth-order valence-corrected chi connectivity index (χ4v) is 0.